The highest BCUT2D eigenvalue weighted by Crippen LogP contribution is 2.28. The normalized spacial score (nSPS) is 11.3. The molecule has 0 aliphatic rings. The maximum absolute atomic E-state index is 11.0. The zero-order chi connectivity index (χ0) is 14.0. The van der Waals surface area contributed by atoms with Gasteiger partial charge in [0.2, 0.25) is 0 Å². The fraction of sp³-hybridized carbons (Fsp3) is 0.286. The molecule has 0 bridgehead atoms. The van der Waals surface area contributed by atoms with Crippen molar-refractivity contribution in [3.8, 4) is 0 Å². The lowest BCUT2D eigenvalue weighted by molar-refractivity contribution is 0.0696. The van der Waals surface area contributed by atoms with Crippen molar-refractivity contribution in [2.24, 2.45) is 0 Å². The van der Waals surface area contributed by atoms with Gasteiger partial charge in [-0.3, -0.25) is 0 Å². The number of hydrogen-bond donors (Lipinski definition) is 2. The van der Waals surface area contributed by atoms with Gasteiger partial charge in [0.25, 0.3) is 0 Å². The van der Waals surface area contributed by atoms with Crippen LogP contribution >= 0.6 is 11.3 Å². The number of anilines is 1. The predicted octanol–water partition coefficient (Wildman–Crippen LogP) is 3.50. The molecular weight excluding hydrogens is 260 g/mol. The number of aryl methyl sites for hydroxylation is 1. The van der Waals surface area contributed by atoms with Crippen molar-refractivity contribution in [1.29, 1.82) is 0 Å². The number of carbonyl (C=O) groups is 1. The van der Waals surface area contributed by atoms with Crippen molar-refractivity contribution in [3.63, 3.8) is 0 Å². The molecule has 2 aromatic rings. The van der Waals surface area contributed by atoms with Crippen LogP contribution in [0, 0.1) is 6.92 Å². The number of carboxylic acids is 1. The Bertz CT molecular complexity index is 591. The van der Waals surface area contributed by atoms with E-state index in [1.165, 1.54) is 0 Å². The quantitative estimate of drug-likeness (QED) is 0.897. The molecule has 0 saturated carbocycles. The summed E-state index contributed by atoms with van der Waals surface area (Å²) < 4.78 is 0. The highest BCUT2D eigenvalue weighted by atomic mass is 32.1. The van der Waals surface area contributed by atoms with Crippen LogP contribution in [-0.2, 0) is 5.54 Å². The molecule has 4 nitrogen and oxygen atoms in total. The SMILES string of the molecule is Cc1cc(NC(C)(C)c2nccs2)ccc1C(=O)O. The van der Waals surface area contributed by atoms with Crippen LogP contribution in [-0.4, -0.2) is 16.1 Å². The largest absolute Gasteiger partial charge is 0.478 e. The van der Waals surface area contributed by atoms with Gasteiger partial charge in [-0.05, 0) is 44.5 Å². The Balaban J connectivity index is 2.25. The first-order valence-electron chi connectivity index (χ1n) is 5.92. The minimum absolute atomic E-state index is 0.286. The lowest BCUT2D eigenvalue weighted by Gasteiger charge is -2.25. The smallest absolute Gasteiger partial charge is 0.335 e. The molecule has 0 atom stereocenters. The summed E-state index contributed by atoms with van der Waals surface area (Å²) in [5.41, 5.74) is 1.68. The molecule has 1 heterocycles. The minimum Gasteiger partial charge on any atom is -0.478 e. The van der Waals surface area contributed by atoms with Crippen molar-refractivity contribution >= 4 is 23.0 Å². The molecule has 0 amide bonds. The van der Waals surface area contributed by atoms with E-state index >= 15 is 0 Å². The average molecular weight is 276 g/mol. The van der Waals surface area contributed by atoms with Gasteiger partial charge < -0.3 is 10.4 Å². The van der Waals surface area contributed by atoms with Crippen LogP contribution in [0.2, 0.25) is 0 Å². The van der Waals surface area contributed by atoms with Crippen LogP contribution in [0.1, 0.15) is 34.8 Å². The molecule has 0 radical (unpaired) electrons. The van der Waals surface area contributed by atoms with E-state index in [0.717, 1.165) is 16.3 Å². The fourth-order valence-electron chi connectivity index (χ4n) is 1.93. The molecule has 0 aliphatic carbocycles. The molecule has 0 saturated heterocycles. The second-order valence-corrected chi connectivity index (χ2v) is 5.82. The first-order chi connectivity index (χ1) is 8.90. The maximum Gasteiger partial charge on any atom is 0.335 e. The van der Waals surface area contributed by atoms with E-state index in [-0.39, 0.29) is 5.54 Å². The van der Waals surface area contributed by atoms with E-state index in [1.807, 2.05) is 25.3 Å². The second kappa shape index (κ2) is 5.01. The summed E-state index contributed by atoms with van der Waals surface area (Å²) in [4.78, 5) is 15.3. The van der Waals surface area contributed by atoms with Crippen molar-refractivity contribution in [3.05, 3.63) is 45.9 Å². The van der Waals surface area contributed by atoms with Crippen LogP contribution in [0.3, 0.4) is 0 Å². The summed E-state index contributed by atoms with van der Waals surface area (Å²) in [6.07, 6.45) is 1.78. The molecule has 0 aliphatic heterocycles. The van der Waals surface area contributed by atoms with E-state index < -0.39 is 5.97 Å². The minimum atomic E-state index is -0.900. The lowest BCUT2D eigenvalue weighted by atomic mass is 10.0. The predicted molar refractivity (Wildman–Crippen MR) is 76.9 cm³/mol. The highest BCUT2D eigenvalue weighted by molar-refractivity contribution is 7.09. The van der Waals surface area contributed by atoms with Gasteiger partial charge in [0.15, 0.2) is 0 Å². The third kappa shape index (κ3) is 2.93. The molecule has 2 rings (SSSR count). The van der Waals surface area contributed by atoms with E-state index in [4.69, 9.17) is 5.11 Å². The number of rotatable bonds is 4. The van der Waals surface area contributed by atoms with Crippen LogP contribution in [0.5, 0.6) is 0 Å². The number of thiazole rings is 1. The average Bonchev–Trinajstić information content (AvgIpc) is 2.81. The number of carboxylic acid groups (broad SMARTS) is 1. The van der Waals surface area contributed by atoms with Crippen molar-refractivity contribution in [2.45, 2.75) is 26.3 Å². The molecular formula is C14H16N2O2S. The van der Waals surface area contributed by atoms with E-state index in [1.54, 1.807) is 36.6 Å². The zero-order valence-corrected chi connectivity index (χ0v) is 11.9. The van der Waals surface area contributed by atoms with Gasteiger partial charge in [0, 0.05) is 17.3 Å². The Labute approximate surface area is 116 Å². The standard InChI is InChI=1S/C14H16N2O2S/c1-9-8-10(4-5-11(9)12(17)18)16-14(2,3)13-15-6-7-19-13/h4-8,16H,1-3H3,(H,17,18). The summed E-state index contributed by atoms with van der Waals surface area (Å²) in [7, 11) is 0. The first-order valence-corrected chi connectivity index (χ1v) is 6.80. The summed E-state index contributed by atoms with van der Waals surface area (Å²) in [6.45, 7) is 5.89. The number of aromatic nitrogens is 1. The van der Waals surface area contributed by atoms with Gasteiger partial charge >= 0.3 is 5.97 Å². The zero-order valence-electron chi connectivity index (χ0n) is 11.1. The monoisotopic (exact) mass is 276 g/mol. The lowest BCUT2D eigenvalue weighted by Crippen LogP contribution is -2.27. The van der Waals surface area contributed by atoms with Gasteiger partial charge in [0.1, 0.15) is 5.01 Å². The molecule has 0 fully saturated rings. The molecule has 1 aromatic carbocycles. The number of hydrogen-bond acceptors (Lipinski definition) is 4. The van der Waals surface area contributed by atoms with Crippen LogP contribution in [0.25, 0.3) is 0 Å². The van der Waals surface area contributed by atoms with E-state index in [9.17, 15) is 4.79 Å². The second-order valence-electron chi connectivity index (χ2n) is 4.92. The summed E-state index contributed by atoms with van der Waals surface area (Å²) in [6, 6.07) is 5.25. The molecule has 5 heteroatoms. The van der Waals surface area contributed by atoms with Gasteiger partial charge in [-0.25, -0.2) is 9.78 Å². The number of aromatic carboxylic acids is 1. The third-order valence-corrected chi connectivity index (χ3v) is 3.98. The van der Waals surface area contributed by atoms with Crippen molar-refractivity contribution in [2.75, 3.05) is 5.32 Å². The van der Waals surface area contributed by atoms with Crippen LogP contribution in [0.15, 0.2) is 29.8 Å². The third-order valence-electron chi connectivity index (χ3n) is 2.88. The molecule has 1 aromatic heterocycles. The summed E-state index contributed by atoms with van der Waals surface area (Å²) in [5, 5.41) is 15.3. The van der Waals surface area contributed by atoms with Gasteiger partial charge in [0.05, 0.1) is 11.1 Å². The summed E-state index contributed by atoms with van der Waals surface area (Å²) >= 11 is 1.59. The molecule has 2 N–H and O–H groups in total. The fourth-order valence-corrected chi connectivity index (χ4v) is 2.65. The van der Waals surface area contributed by atoms with Gasteiger partial charge in [-0.2, -0.15) is 0 Å². The topological polar surface area (TPSA) is 62.2 Å². The number of nitrogens with one attached hydrogen (secondary N) is 1. The maximum atomic E-state index is 11.0. The van der Waals surface area contributed by atoms with Crippen LogP contribution < -0.4 is 5.32 Å². The Kier molecular flexibility index (Phi) is 3.57. The summed E-state index contributed by atoms with van der Waals surface area (Å²) in [5.74, 6) is -0.900. The highest BCUT2D eigenvalue weighted by Gasteiger charge is 2.23. The van der Waals surface area contributed by atoms with Crippen molar-refractivity contribution < 1.29 is 9.90 Å². The molecule has 0 spiro atoms. The Hall–Kier alpha value is -1.88. The molecule has 100 valence electrons. The first kappa shape index (κ1) is 13.5. The molecule has 0 unspecified atom stereocenters. The van der Waals surface area contributed by atoms with Crippen LogP contribution in [0.4, 0.5) is 5.69 Å². The van der Waals surface area contributed by atoms with Crippen molar-refractivity contribution in [1.82, 2.24) is 4.98 Å². The van der Waals surface area contributed by atoms with E-state index in [0.29, 0.717) is 5.56 Å². The number of benzene rings is 1. The van der Waals surface area contributed by atoms with Gasteiger partial charge in [-0.15, -0.1) is 11.3 Å². The Morgan fingerprint density at radius 3 is 2.68 bits per heavy atom. The molecule has 19 heavy (non-hydrogen) atoms. The van der Waals surface area contributed by atoms with E-state index in [2.05, 4.69) is 10.3 Å². The number of nitrogens with zero attached hydrogens (tertiary/aromatic N) is 1. The Morgan fingerprint density at radius 2 is 2.16 bits per heavy atom. The Morgan fingerprint density at radius 1 is 1.42 bits per heavy atom. The van der Waals surface area contributed by atoms with Gasteiger partial charge in [-0.1, -0.05) is 0 Å².